The number of rotatable bonds is 5. The summed E-state index contributed by atoms with van der Waals surface area (Å²) in [6.45, 7) is 10.5. The molecule has 0 radical (unpaired) electrons. The molecule has 0 atom stereocenters. The number of hydrogen-bond donors (Lipinski definition) is 0. The molecule has 0 saturated heterocycles. The van der Waals surface area contributed by atoms with Crippen LogP contribution >= 0.6 is 0 Å². The van der Waals surface area contributed by atoms with E-state index in [1.807, 2.05) is 24.3 Å². The highest BCUT2D eigenvalue weighted by molar-refractivity contribution is 5.88. The summed E-state index contributed by atoms with van der Waals surface area (Å²) in [4.78, 5) is 0. The molecular weight excluding hydrogens is 320 g/mol. The average molecular weight is 348 g/mol. The molecule has 0 amide bonds. The first-order valence-corrected chi connectivity index (χ1v) is 9.17. The van der Waals surface area contributed by atoms with Gasteiger partial charge in [-0.2, -0.15) is 0 Å². The second kappa shape index (κ2) is 7.03. The Morgan fingerprint density at radius 2 is 1.42 bits per heavy atom. The van der Waals surface area contributed by atoms with E-state index < -0.39 is 0 Å². The van der Waals surface area contributed by atoms with Crippen molar-refractivity contribution in [2.75, 3.05) is 0 Å². The van der Waals surface area contributed by atoms with Gasteiger partial charge in [0.2, 0.25) is 0 Å². The molecule has 0 unspecified atom stereocenters. The SMILES string of the molecule is CC(C)(C)Oc1cccc(CC(C)(C)Oc2cccc3ccccc23)c1. The molecule has 0 aromatic heterocycles. The normalized spacial score (nSPS) is 12.2. The third-order valence-electron chi connectivity index (χ3n) is 4.09. The third kappa shape index (κ3) is 4.78. The summed E-state index contributed by atoms with van der Waals surface area (Å²) >= 11 is 0. The third-order valence-corrected chi connectivity index (χ3v) is 4.09. The lowest BCUT2D eigenvalue weighted by Gasteiger charge is -2.28. The zero-order chi connectivity index (χ0) is 18.8. The maximum Gasteiger partial charge on any atom is 0.127 e. The lowest BCUT2D eigenvalue weighted by molar-refractivity contribution is 0.111. The van der Waals surface area contributed by atoms with Gasteiger partial charge in [-0.15, -0.1) is 0 Å². The molecule has 0 aliphatic rings. The molecule has 26 heavy (non-hydrogen) atoms. The second-order valence-electron chi connectivity index (χ2n) is 8.38. The first kappa shape index (κ1) is 18.3. The molecule has 3 aromatic carbocycles. The summed E-state index contributed by atoms with van der Waals surface area (Å²) < 4.78 is 12.4. The van der Waals surface area contributed by atoms with Gasteiger partial charge in [-0.25, -0.2) is 0 Å². The van der Waals surface area contributed by atoms with Gasteiger partial charge in [0, 0.05) is 11.8 Å². The van der Waals surface area contributed by atoms with Gasteiger partial charge in [0.25, 0.3) is 0 Å². The predicted molar refractivity (Wildman–Crippen MR) is 109 cm³/mol. The summed E-state index contributed by atoms with van der Waals surface area (Å²) in [5.41, 5.74) is 0.676. The van der Waals surface area contributed by atoms with Crippen LogP contribution in [0.3, 0.4) is 0 Å². The Kier molecular flexibility index (Phi) is 4.95. The van der Waals surface area contributed by atoms with Gasteiger partial charge < -0.3 is 9.47 Å². The Bertz CT molecular complexity index is 883. The summed E-state index contributed by atoms with van der Waals surface area (Å²) in [6, 6.07) is 22.8. The minimum absolute atomic E-state index is 0.201. The van der Waals surface area contributed by atoms with Gasteiger partial charge in [-0.3, -0.25) is 0 Å². The van der Waals surface area contributed by atoms with Crippen LogP contribution in [0.1, 0.15) is 40.2 Å². The highest BCUT2D eigenvalue weighted by atomic mass is 16.5. The first-order chi connectivity index (χ1) is 12.2. The molecule has 3 rings (SSSR count). The van der Waals surface area contributed by atoms with Gasteiger partial charge in [-0.1, -0.05) is 48.5 Å². The van der Waals surface area contributed by atoms with E-state index in [1.54, 1.807) is 0 Å². The lowest BCUT2D eigenvalue weighted by Crippen LogP contribution is -2.31. The van der Waals surface area contributed by atoms with E-state index in [9.17, 15) is 0 Å². The van der Waals surface area contributed by atoms with Crippen LogP contribution in [0.5, 0.6) is 11.5 Å². The Morgan fingerprint density at radius 1 is 0.731 bits per heavy atom. The molecule has 0 N–H and O–H groups in total. The predicted octanol–water partition coefficient (Wildman–Crippen LogP) is 6.42. The number of ether oxygens (including phenoxy) is 2. The highest BCUT2D eigenvalue weighted by Crippen LogP contribution is 2.30. The fourth-order valence-electron chi connectivity index (χ4n) is 3.18. The summed E-state index contributed by atoms with van der Waals surface area (Å²) in [7, 11) is 0. The van der Waals surface area contributed by atoms with Crippen LogP contribution in [0.2, 0.25) is 0 Å². The largest absolute Gasteiger partial charge is 0.488 e. The van der Waals surface area contributed by atoms with E-state index in [0.29, 0.717) is 0 Å². The molecule has 0 fully saturated rings. The molecular formula is C24H28O2. The Morgan fingerprint density at radius 3 is 2.19 bits per heavy atom. The lowest BCUT2D eigenvalue weighted by atomic mass is 9.97. The van der Waals surface area contributed by atoms with Crippen molar-refractivity contribution in [3.63, 3.8) is 0 Å². The first-order valence-electron chi connectivity index (χ1n) is 9.17. The monoisotopic (exact) mass is 348 g/mol. The summed E-state index contributed by atoms with van der Waals surface area (Å²) in [5, 5.41) is 2.34. The minimum atomic E-state index is -0.329. The fourth-order valence-corrected chi connectivity index (χ4v) is 3.18. The summed E-state index contributed by atoms with van der Waals surface area (Å²) in [6.07, 6.45) is 0.803. The van der Waals surface area contributed by atoms with Crippen molar-refractivity contribution in [1.82, 2.24) is 0 Å². The van der Waals surface area contributed by atoms with Crippen molar-refractivity contribution in [1.29, 1.82) is 0 Å². The number of fused-ring (bicyclic) bond motifs is 1. The molecule has 0 saturated carbocycles. The zero-order valence-electron chi connectivity index (χ0n) is 16.4. The van der Waals surface area contributed by atoms with E-state index in [1.165, 1.54) is 10.9 Å². The molecule has 0 aliphatic heterocycles. The van der Waals surface area contributed by atoms with Gasteiger partial charge in [0.15, 0.2) is 0 Å². The van der Waals surface area contributed by atoms with E-state index >= 15 is 0 Å². The molecule has 0 heterocycles. The van der Waals surface area contributed by atoms with Gasteiger partial charge in [0.1, 0.15) is 22.7 Å². The highest BCUT2D eigenvalue weighted by Gasteiger charge is 2.22. The van der Waals surface area contributed by atoms with E-state index in [2.05, 4.69) is 77.1 Å². The van der Waals surface area contributed by atoms with E-state index in [-0.39, 0.29) is 11.2 Å². The zero-order valence-corrected chi connectivity index (χ0v) is 16.4. The maximum absolute atomic E-state index is 6.42. The molecule has 136 valence electrons. The molecule has 0 bridgehead atoms. The van der Waals surface area contributed by atoms with Crippen molar-refractivity contribution < 1.29 is 9.47 Å². The molecule has 2 heteroatoms. The quantitative estimate of drug-likeness (QED) is 0.530. The molecule has 0 aliphatic carbocycles. The minimum Gasteiger partial charge on any atom is -0.488 e. The van der Waals surface area contributed by atoms with Crippen LogP contribution in [-0.2, 0) is 6.42 Å². The van der Waals surface area contributed by atoms with Crippen molar-refractivity contribution in [2.45, 2.75) is 52.2 Å². The number of benzene rings is 3. The van der Waals surface area contributed by atoms with Crippen molar-refractivity contribution >= 4 is 10.8 Å². The van der Waals surface area contributed by atoms with Crippen molar-refractivity contribution in [3.05, 3.63) is 72.3 Å². The fraction of sp³-hybridized carbons (Fsp3) is 0.333. The van der Waals surface area contributed by atoms with Crippen LogP contribution in [0.25, 0.3) is 10.8 Å². The van der Waals surface area contributed by atoms with Crippen LogP contribution < -0.4 is 9.47 Å². The van der Waals surface area contributed by atoms with Gasteiger partial charge >= 0.3 is 0 Å². The Labute approximate surface area is 156 Å². The Balaban J connectivity index is 1.79. The van der Waals surface area contributed by atoms with E-state index in [4.69, 9.17) is 9.47 Å². The van der Waals surface area contributed by atoms with E-state index in [0.717, 1.165) is 23.3 Å². The van der Waals surface area contributed by atoms with Gasteiger partial charge in [-0.05, 0) is 63.8 Å². The summed E-state index contributed by atoms with van der Waals surface area (Å²) in [5.74, 6) is 1.83. The van der Waals surface area contributed by atoms with Crippen LogP contribution in [0.15, 0.2) is 66.7 Å². The topological polar surface area (TPSA) is 18.5 Å². The molecule has 0 spiro atoms. The smallest absolute Gasteiger partial charge is 0.127 e. The maximum atomic E-state index is 6.42. The average Bonchev–Trinajstić information content (AvgIpc) is 2.53. The molecule has 3 aromatic rings. The van der Waals surface area contributed by atoms with Crippen LogP contribution in [0, 0.1) is 0 Å². The second-order valence-corrected chi connectivity index (χ2v) is 8.38. The van der Waals surface area contributed by atoms with Crippen LogP contribution in [0.4, 0.5) is 0 Å². The number of hydrogen-bond acceptors (Lipinski definition) is 2. The standard InChI is InChI=1S/C24H28O2/c1-23(2,3)25-20-13-8-10-18(16-20)17-24(4,5)26-22-15-9-12-19-11-6-7-14-21(19)22/h6-16H,17H2,1-5H3. The Hall–Kier alpha value is -2.48. The molecule has 2 nitrogen and oxygen atoms in total. The van der Waals surface area contributed by atoms with Crippen molar-refractivity contribution in [2.24, 2.45) is 0 Å². The van der Waals surface area contributed by atoms with Gasteiger partial charge in [0.05, 0.1) is 0 Å². The van der Waals surface area contributed by atoms with Crippen LogP contribution in [-0.4, -0.2) is 11.2 Å². The van der Waals surface area contributed by atoms with Crippen molar-refractivity contribution in [3.8, 4) is 11.5 Å².